The minimum absolute atomic E-state index is 0.258. The molecule has 0 saturated heterocycles. The molecule has 0 fully saturated rings. The summed E-state index contributed by atoms with van der Waals surface area (Å²) < 4.78 is 4.98. The van der Waals surface area contributed by atoms with Crippen LogP contribution in [-0.2, 0) is 6.54 Å². The average molecular weight is 287 g/mol. The number of hydrogen-bond acceptors (Lipinski definition) is 6. The van der Waals surface area contributed by atoms with Crippen LogP contribution in [0.1, 0.15) is 21.6 Å². The number of pyridine rings is 2. The van der Waals surface area contributed by atoms with Gasteiger partial charge in [-0.3, -0.25) is 15.6 Å². The Kier molecular flexibility index (Phi) is 4.68. The first-order valence-electron chi connectivity index (χ1n) is 6.34. The second-order valence-corrected chi connectivity index (χ2v) is 4.41. The molecule has 0 bridgehead atoms. The Morgan fingerprint density at radius 3 is 2.76 bits per heavy atom. The van der Waals surface area contributed by atoms with Crippen molar-refractivity contribution >= 4 is 11.6 Å². The third-order valence-corrected chi connectivity index (χ3v) is 2.90. The molecule has 7 heteroatoms. The fourth-order valence-corrected chi connectivity index (χ4v) is 1.77. The number of aryl methyl sites for hydroxylation is 1. The van der Waals surface area contributed by atoms with E-state index in [0.717, 1.165) is 11.3 Å². The van der Waals surface area contributed by atoms with Crippen molar-refractivity contribution in [1.82, 2.24) is 15.3 Å². The number of nitrogens with one attached hydrogen (secondary N) is 2. The lowest BCUT2D eigenvalue weighted by molar-refractivity contribution is 0.0951. The van der Waals surface area contributed by atoms with Crippen LogP contribution in [0.15, 0.2) is 30.6 Å². The van der Waals surface area contributed by atoms with Gasteiger partial charge in [0.1, 0.15) is 0 Å². The Balaban J connectivity index is 2.04. The summed E-state index contributed by atoms with van der Waals surface area (Å²) >= 11 is 0. The summed E-state index contributed by atoms with van der Waals surface area (Å²) in [6.45, 7) is 2.18. The molecule has 2 heterocycles. The van der Waals surface area contributed by atoms with E-state index in [2.05, 4.69) is 20.7 Å². The van der Waals surface area contributed by atoms with Crippen LogP contribution in [-0.4, -0.2) is 23.0 Å². The van der Waals surface area contributed by atoms with Crippen LogP contribution in [0, 0.1) is 6.92 Å². The summed E-state index contributed by atoms with van der Waals surface area (Å²) in [6.07, 6.45) is 3.14. The van der Waals surface area contributed by atoms with Crippen molar-refractivity contribution in [2.24, 2.45) is 5.84 Å². The maximum atomic E-state index is 12.1. The minimum Gasteiger partial charge on any atom is -0.481 e. The first-order valence-corrected chi connectivity index (χ1v) is 6.34. The minimum atomic E-state index is -0.258. The lowest BCUT2D eigenvalue weighted by atomic mass is 10.2. The van der Waals surface area contributed by atoms with E-state index in [9.17, 15) is 4.79 Å². The molecule has 0 aliphatic rings. The molecule has 0 radical (unpaired) electrons. The molecule has 0 atom stereocenters. The lowest BCUT2D eigenvalue weighted by Crippen LogP contribution is -2.25. The van der Waals surface area contributed by atoms with E-state index in [1.807, 2.05) is 13.0 Å². The first kappa shape index (κ1) is 14.7. The molecule has 0 aromatic carbocycles. The highest BCUT2D eigenvalue weighted by Crippen LogP contribution is 2.14. The lowest BCUT2D eigenvalue weighted by Gasteiger charge is -2.10. The Morgan fingerprint density at radius 1 is 1.33 bits per heavy atom. The summed E-state index contributed by atoms with van der Waals surface area (Å²) in [5, 5.41) is 2.79. The predicted octanol–water partition coefficient (Wildman–Crippen LogP) is 1.01. The van der Waals surface area contributed by atoms with E-state index in [1.165, 1.54) is 6.20 Å². The van der Waals surface area contributed by atoms with Gasteiger partial charge in [0.05, 0.1) is 18.4 Å². The number of hydrazine groups is 1. The number of nitrogens with zero attached hydrogens (tertiary/aromatic N) is 2. The molecule has 0 spiro atoms. The molecule has 0 unspecified atom stereocenters. The molecule has 0 saturated carbocycles. The van der Waals surface area contributed by atoms with E-state index in [4.69, 9.17) is 10.6 Å². The first-order chi connectivity index (χ1) is 10.1. The van der Waals surface area contributed by atoms with Gasteiger partial charge in [0.2, 0.25) is 5.88 Å². The molecular weight excluding hydrogens is 270 g/mol. The summed E-state index contributed by atoms with van der Waals surface area (Å²) in [7, 11) is 1.55. The standard InChI is InChI=1S/C14H17N5O2/c1-9-5-12(19-15)11(8-16-9)14(20)18-7-10-3-4-13(21-2)17-6-10/h3-6,8H,7,15H2,1-2H3,(H,16,19)(H,18,20). The van der Waals surface area contributed by atoms with Crippen molar-refractivity contribution in [3.63, 3.8) is 0 Å². The number of amides is 1. The maximum Gasteiger partial charge on any atom is 0.255 e. The second kappa shape index (κ2) is 6.67. The van der Waals surface area contributed by atoms with Crippen LogP contribution >= 0.6 is 0 Å². The van der Waals surface area contributed by atoms with Gasteiger partial charge in [-0.05, 0) is 18.6 Å². The van der Waals surface area contributed by atoms with Gasteiger partial charge < -0.3 is 15.5 Å². The highest BCUT2D eigenvalue weighted by atomic mass is 16.5. The number of ether oxygens (including phenoxy) is 1. The van der Waals surface area contributed by atoms with Crippen LogP contribution in [0.3, 0.4) is 0 Å². The zero-order valence-electron chi connectivity index (χ0n) is 11.9. The Hall–Kier alpha value is -2.67. The van der Waals surface area contributed by atoms with Crippen molar-refractivity contribution in [1.29, 1.82) is 0 Å². The molecule has 1 amide bonds. The number of rotatable bonds is 5. The number of hydrogen-bond donors (Lipinski definition) is 3. The van der Waals surface area contributed by atoms with Crippen LogP contribution in [0.2, 0.25) is 0 Å². The highest BCUT2D eigenvalue weighted by Gasteiger charge is 2.11. The largest absolute Gasteiger partial charge is 0.481 e. The Bertz CT molecular complexity index is 628. The van der Waals surface area contributed by atoms with E-state index >= 15 is 0 Å². The van der Waals surface area contributed by atoms with Gasteiger partial charge in [0.25, 0.3) is 5.91 Å². The van der Waals surface area contributed by atoms with Crippen molar-refractivity contribution in [2.45, 2.75) is 13.5 Å². The molecular formula is C14H17N5O2. The number of nitrogen functional groups attached to an aromatic ring is 1. The monoisotopic (exact) mass is 287 g/mol. The third-order valence-electron chi connectivity index (χ3n) is 2.90. The topological polar surface area (TPSA) is 102 Å². The molecule has 0 aliphatic carbocycles. The van der Waals surface area contributed by atoms with E-state index < -0.39 is 0 Å². The summed E-state index contributed by atoms with van der Waals surface area (Å²) in [6, 6.07) is 5.28. The quantitative estimate of drug-likeness (QED) is 0.560. The maximum absolute atomic E-state index is 12.1. The number of carbonyl (C=O) groups is 1. The van der Waals surface area contributed by atoms with Gasteiger partial charge in [-0.15, -0.1) is 0 Å². The number of methoxy groups -OCH3 is 1. The molecule has 110 valence electrons. The van der Waals surface area contributed by atoms with Gasteiger partial charge in [-0.25, -0.2) is 4.98 Å². The normalized spacial score (nSPS) is 10.0. The van der Waals surface area contributed by atoms with Gasteiger partial charge in [-0.1, -0.05) is 6.07 Å². The molecule has 21 heavy (non-hydrogen) atoms. The zero-order valence-corrected chi connectivity index (χ0v) is 11.9. The Labute approximate surface area is 122 Å². The van der Waals surface area contributed by atoms with Gasteiger partial charge in [-0.2, -0.15) is 0 Å². The molecule has 2 aromatic heterocycles. The highest BCUT2D eigenvalue weighted by molar-refractivity contribution is 5.99. The van der Waals surface area contributed by atoms with E-state index in [-0.39, 0.29) is 5.91 Å². The van der Waals surface area contributed by atoms with Gasteiger partial charge in [0.15, 0.2) is 0 Å². The summed E-state index contributed by atoms with van der Waals surface area (Å²) in [5.41, 5.74) is 5.07. The fourth-order valence-electron chi connectivity index (χ4n) is 1.77. The van der Waals surface area contributed by atoms with Gasteiger partial charge in [0, 0.05) is 30.7 Å². The number of nitrogens with two attached hydrogens (primary N) is 1. The van der Waals surface area contributed by atoms with Crippen molar-refractivity contribution in [3.8, 4) is 5.88 Å². The average Bonchev–Trinajstić information content (AvgIpc) is 2.52. The number of aromatic nitrogens is 2. The molecule has 2 rings (SSSR count). The molecule has 2 aromatic rings. The number of anilines is 1. The number of carbonyl (C=O) groups excluding carboxylic acids is 1. The summed E-state index contributed by atoms with van der Waals surface area (Å²) in [5.74, 6) is 5.69. The second-order valence-electron chi connectivity index (χ2n) is 4.41. The van der Waals surface area contributed by atoms with E-state index in [1.54, 1.807) is 25.4 Å². The van der Waals surface area contributed by atoms with Crippen LogP contribution in [0.4, 0.5) is 5.69 Å². The van der Waals surface area contributed by atoms with E-state index in [0.29, 0.717) is 23.7 Å². The van der Waals surface area contributed by atoms with Crippen molar-refractivity contribution in [2.75, 3.05) is 12.5 Å². The van der Waals surface area contributed by atoms with Crippen LogP contribution in [0.25, 0.3) is 0 Å². The SMILES string of the molecule is COc1ccc(CNC(=O)c2cnc(C)cc2NN)cn1. The van der Waals surface area contributed by atoms with Crippen molar-refractivity contribution in [3.05, 3.63) is 47.4 Å². The molecule has 0 aliphatic heterocycles. The van der Waals surface area contributed by atoms with Gasteiger partial charge >= 0.3 is 0 Å². The summed E-state index contributed by atoms with van der Waals surface area (Å²) in [4.78, 5) is 20.3. The molecule has 7 nitrogen and oxygen atoms in total. The zero-order chi connectivity index (χ0) is 15.2. The van der Waals surface area contributed by atoms with Crippen LogP contribution < -0.4 is 21.3 Å². The smallest absolute Gasteiger partial charge is 0.255 e. The van der Waals surface area contributed by atoms with Crippen LogP contribution in [0.5, 0.6) is 5.88 Å². The van der Waals surface area contributed by atoms with Crippen molar-refractivity contribution < 1.29 is 9.53 Å². The Morgan fingerprint density at radius 2 is 2.14 bits per heavy atom. The molecule has 4 N–H and O–H groups in total. The predicted molar refractivity (Wildman–Crippen MR) is 78.7 cm³/mol. The third kappa shape index (κ3) is 3.67. The fraction of sp³-hybridized carbons (Fsp3) is 0.214.